The van der Waals surface area contributed by atoms with Gasteiger partial charge in [-0.1, -0.05) is 30.3 Å². The predicted octanol–water partition coefficient (Wildman–Crippen LogP) is 6.41. The molecule has 0 radical (unpaired) electrons. The van der Waals surface area contributed by atoms with Crippen molar-refractivity contribution in [2.75, 3.05) is 41.7 Å². The van der Waals surface area contributed by atoms with Gasteiger partial charge >= 0.3 is 11.9 Å². The van der Waals surface area contributed by atoms with Crippen LogP contribution in [0.2, 0.25) is 0 Å². The molecule has 52 heavy (non-hydrogen) atoms. The zero-order valence-electron chi connectivity index (χ0n) is 29.3. The molecular formula is C40H42O12. The molecule has 0 aliphatic carbocycles. The molecule has 4 aromatic carbocycles. The van der Waals surface area contributed by atoms with E-state index in [0.29, 0.717) is 46.8 Å². The zero-order chi connectivity index (χ0) is 37.5. The minimum atomic E-state index is -0.875. The summed E-state index contributed by atoms with van der Waals surface area (Å²) >= 11 is 0. The van der Waals surface area contributed by atoms with Gasteiger partial charge in [-0.15, -0.1) is 0 Å². The van der Waals surface area contributed by atoms with Crippen molar-refractivity contribution in [3.8, 4) is 40.2 Å². The average Bonchev–Trinajstić information content (AvgIpc) is 3.16. The van der Waals surface area contributed by atoms with E-state index in [4.69, 9.17) is 33.2 Å². The average molecular weight is 715 g/mol. The second-order valence-electron chi connectivity index (χ2n) is 11.3. The first-order valence-electron chi connectivity index (χ1n) is 16.2. The molecule has 0 bridgehead atoms. The fourth-order valence-electron chi connectivity index (χ4n) is 5.11. The highest BCUT2D eigenvalue weighted by Crippen LogP contribution is 2.36. The number of benzene rings is 4. The molecule has 0 aromatic heterocycles. The molecule has 0 aliphatic heterocycles. The Balaban J connectivity index is 1.42. The number of aromatic hydroxyl groups is 3. The van der Waals surface area contributed by atoms with Crippen molar-refractivity contribution in [3.05, 3.63) is 113 Å². The molecule has 0 heterocycles. The second-order valence-corrected chi connectivity index (χ2v) is 11.3. The Kier molecular flexibility index (Phi) is 14.4. The summed E-state index contributed by atoms with van der Waals surface area (Å²) in [4.78, 5) is 25.0. The van der Waals surface area contributed by atoms with Crippen LogP contribution < -0.4 is 18.9 Å². The molecule has 2 atom stereocenters. The van der Waals surface area contributed by atoms with Crippen molar-refractivity contribution in [2.45, 2.75) is 25.0 Å². The van der Waals surface area contributed by atoms with Crippen molar-refractivity contribution in [3.63, 3.8) is 0 Å². The summed E-state index contributed by atoms with van der Waals surface area (Å²) in [5.41, 5.74) is 2.87. The van der Waals surface area contributed by atoms with Gasteiger partial charge in [0.1, 0.15) is 18.5 Å². The van der Waals surface area contributed by atoms with Crippen molar-refractivity contribution in [2.24, 2.45) is 0 Å². The third-order valence-corrected chi connectivity index (χ3v) is 7.79. The highest BCUT2D eigenvalue weighted by molar-refractivity contribution is 5.87. The summed E-state index contributed by atoms with van der Waals surface area (Å²) in [5.74, 6) is 0.244. The van der Waals surface area contributed by atoms with Gasteiger partial charge in [-0.25, -0.2) is 9.59 Å². The van der Waals surface area contributed by atoms with Crippen LogP contribution in [0.15, 0.2) is 91.0 Å². The molecule has 0 amide bonds. The summed E-state index contributed by atoms with van der Waals surface area (Å²) in [6.07, 6.45) is 5.18. The number of methoxy groups -OCH3 is 4. The molecule has 0 saturated heterocycles. The largest absolute Gasteiger partial charge is 0.508 e. The molecule has 0 aliphatic rings. The minimum absolute atomic E-state index is 0.00463. The second kappa shape index (κ2) is 19.3. The van der Waals surface area contributed by atoms with E-state index in [-0.39, 0.29) is 36.2 Å². The lowest BCUT2D eigenvalue weighted by Gasteiger charge is -2.28. The summed E-state index contributed by atoms with van der Waals surface area (Å²) in [6.45, 7) is -0.0334. The quantitative estimate of drug-likeness (QED) is 0.0592. The third kappa shape index (κ3) is 11.2. The van der Waals surface area contributed by atoms with Crippen molar-refractivity contribution in [1.82, 2.24) is 0 Å². The number of phenols is 3. The predicted molar refractivity (Wildman–Crippen MR) is 193 cm³/mol. The first kappa shape index (κ1) is 38.7. The fraction of sp³-hybridized carbons (Fsp3) is 0.250. The molecule has 0 unspecified atom stereocenters. The highest BCUT2D eigenvalue weighted by Gasteiger charge is 2.29. The van der Waals surface area contributed by atoms with Gasteiger partial charge in [-0.05, 0) is 95.8 Å². The Morgan fingerprint density at radius 1 is 0.654 bits per heavy atom. The molecule has 274 valence electrons. The number of esters is 2. The van der Waals surface area contributed by atoms with Gasteiger partial charge in [-0.2, -0.15) is 0 Å². The van der Waals surface area contributed by atoms with E-state index in [0.717, 1.165) is 5.56 Å². The first-order chi connectivity index (χ1) is 25.1. The smallest absolute Gasteiger partial charge is 0.330 e. The van der Waals surface area contributed by atoms with Gasteiger partial charge in [0.15, 0.2) is 40.6 Å². The van der Waals surface area contributed by atoms with E-state index in [1.807, 2.05) is 12.1 Å². The number of hydrogen-bond donors (Lipinski definition) is 3. The van der Waals surface area contributed by atoms with E-state index < -0.39 is 24.1 Å². The monoisotopic (exact) mass is 714 g/mol. The van der Waals surface area contributed by atoms with Gasteiger partial charge < -0.3 is 48.5 Å². The molecule has 4 aromatic rings. The highest BCUT2D eigenvalue weighted by atomic mass is 16.6. The maximum atomic E-state index is 12.7. The van der Waals surface area contributed by atoms with E-state index >= 15 is 0 Å². The summed E-state index contributed by atoms with van der Waals surface area (Å²) in [6, 6.07) is 21.2. The molecule has 4 rings (SSSR count). The summed E-state index contributed by atoms with van der Waals surface area (Å²) in [7, 11) is 5.87. The number of carbonyl (C=O) groups excluding carboxylic acids is 2. The van der Waals surface area contributed by atoms with Crippen LogP contribution in [-0.4, -0.2) is 75.0 Å². The van der Waals surface area contributed by atoms with Gasteiger partial charge in [0.2, 0.25) is 0 Å². The standard InChI is InChI=1S/C40H42O12/c1-46-34-22-28(9-16-31(34)42)12-20-38(44)50-21-5-6-27-10-18-33(36(23-27)48-3)52-37(40(49-4)29-13-17-32(43)35(24-29)47-2)25-51-39(45)19-11-26-7-14-30(41)15-8-26/h7-20,22-24,37,40-43H,5-6,21,25H2,1-4H3/b19-11+,20-12+/t37-,40-/m0/s1. The Bertz CT molecular complexity index is 1850. The maximum absolute atomic E-state index is 12.7. The normalized spacial score (nSPS) is 12.3. The minimum Gasteiger partial charge on any atom is -0.508 e. The molecule has 0 saturated carbocycles. The van der Waals surface area contributed by atoms with Gasteiger partial charge in [-0.3, -0.25) is 0 Å². The van der Waals surface area contributed by atoms with Crippen LogP contribution in [-0.2, 0) is 30.2 Å². The fourth-order valence-corrected chi connectivity index (χ4v) is 5.11. The van der Waals surface area contributed by atoms with Crippen LogP contribution in [0.1, 0.15) is 34.8 Å². The lowest BCUT2D eigenvalue weighted by atomic mass is 10.0. The Labute approximate surface area is 302 Å². The van der Waals surface area contributed by atoms with Crippen LogP contribution >= 0.6 is 0 Å². The van der Waals surface area contributed by atoms with Crippen molar-refractivity contribution < 1.29 is 58.1 Å². The van der Waals surface area contributed by atoms with Crippen LogP contribution in [0.5, 0.6) is 40.2 Å². The molecule has 0 fully saturated rings. The molecule has 12 nitrogen and oxygen atoms in total. The van der Waals surface area contributed by atoms with Crippen LogP contribution in [0.25, 0.3) is 12.2 Å². The number of aryl methyl sites for hydroxylation is 1. The topological polar surface area (TPSA) is 159 Å². The third-order valence-electron chi connectivity index (χ3n) is 7.79. The lowest BCUT2D eigenvalue weighted by molar-refractivity contribution is -0.143. The van der Waals surface area contributed by atoms with Crippen LogP contribution in [0.3, 0.4) is 0 Å². The number of hydrogen-bond acceptors (Lipinski definition) is 12. The number of phenolic OH excluding ortho intramolecular Hbond substituents is 3. The van der Waals surface area contributed by atoms with Gasteiger partial charge in [0.05, 0.1) is 27.9 Å². The first-order valence-corrected chi connectivity index (χ1v) is 16.2. The maximum Gasteiger partial charge on any atom is 0.330 e. The van der Waals surface area contributed by atoms with Gasteiger partial charge in [0, 0.05) is 19.3 Å². The van der Waals surface area contributed by atoms with E-state index in [9.17, 15) is 24.9 Å². The van der Waals surface area contributed by atoms with Crippen molar-refractivity contribution >= 4 is 24.1 Å². The summed E-state index contributed by atoms with van der Waals surface area (Å²) in [5, 5.41) is 29.4. The zero-order valence-corrected chi connectivity index (χ0v) is 29.3. The lowest BCUT2D eigenvalue weighted by Crippen LogP contribution is -2.32. The van der Waals surface area contributed by atoms with E-state index in [2.05, 4.69) is 0 Å². The Morgan fingerprint density at radius 3 is 1.94 bits per heavy atom. The molecule has 12 heteroatoms. The summed E-state index contributed by atoms with van der Waals surface area (Å²) < 4.78 is 39.2. The Hall–Kier alpha value is -6.14. The van der Waals surface area contributed by atoms with Crippen LogP contribution in [0, 0.1) is 0 Å². The number of rotatable bonds is 18. The van der Waals surface area contributed by atoms with Crippen molar-refractivity contribution in [1.29, 1.82) is 0 Å². The molecule has 0 spiro atoms. The van der Waals surface area contributed by atoms with E-state index in [1.54, 1.807) is 54.6 Å². The van der Waals surface area contributed by atoms with E-state index in [1.165, 1.54) is 64.9 Å². The van der Waals surface area contributed by atoms with Gasteiger partial charge in [0.25, 0.3) is 0 Å². The van der Waals surface area contributed by atoms with Crippen LogP contribution in [0.4, 0.5) is 0 Å². The Morgan fingerprint density at radius 2 is 1.27 bits per heavy atom. The molecule has 3 N–H and O–H groups in total. The molecular weight excluding hydrogens is 672 g/mol. The number of ether oxygens (including phenoxy) is 7. The SMILES string of the molecule is COc1cc(/C=C/C(=O)OCCCc2ccc(O[C@@H](COC(=O)/C=C/c3ccc(O)cc3)[C@@H](OC)c3ccc(O)c(OC)c3)c(OC)c2)ccc1O. The number of carbonyl (C=O) groups is 2.